The fraction of sp³-hybridized carbons (Fsp3) is 0.235. The number of nitrogens with zero attached hydrogens (tertiary/aromatic N) is 4. The molecule has 0 amide bonds. The Kier molecular flexibility index (Phi) is 5.64. The van der Waals surface area contributed by atoms with Gasteiger partial charge >= 0.3 is 0 Å². The second-order valence-electron chi connectivity index (χ2n) is 5.73. The average Bonchev–Trinajstić information content (AvgIpc) is 3.03. The Morgan fingerprint density at radius 3 is 2.38 bits per heavy atom. The molecular weight excluding hydrogens is 392 g/mol. The van der Waals surface area contributed by atoms with Crippen LogP contribution in [0.5, 0.6) is 0 Å². The van der Waals surface area contributed by atoms with Gasteiger partial charge in [0.05, 0.1) is 16.3 Å². The molecule has 0 aliphatic heterocycles. The fourth-order valence-corrected chi connectivity index (χ4v) is 5.20. The van der Waals surface area contributed by atoms with Crippen LogP contribution in [0.15, 0.2) is 52.5 Å². The highest BCUT2D eigenvalue weighted by molar-refractivity contribution is 8.00. The van der Waals surface area contributed by atoms with Gasteiger partial charge in [0.25, 0.3) is 0 Å². The summed E-state index contributed by atoms with van der Waals surface area (Å²) in [7, 11) is -3.38. The first-order valence-electron chi connectivity index (χ1n) is 7.84. The Labute approximate surface area is 161 Å². The van der Waals surface area contributed by atoms with Crippen molar-refractivity contribution in [2.24, 2.45) is 0 Å². The van der Waals surface area contributed by atoms with Crippen LogP contribution in [0.3, 0.4) is 0 Å². The molecule has 0 spiro atoms. The van der Waals surface area contributed by atoms with Crippen molar-refractivity contribution in [1.82, 2.24) is 20.2 Å². The molecule has 1 aromatic heterocycles. The number of aryl methyl sites for hydroxylation is 2. The van der Waals surface area contributed by atoms with E-state index >= 15 is 0 Å². The van der Waals surface area contributed by atoms with Gasteiger partial charge < -0.3 is 0 Å². The van der Waals surface area contributed by atoms with E-state index in [9.17, 15) is 8.42 Å². The molecular formula is C17H17ClN4O2S2. The quantitative estimate of drug-likeness (QED) is 0.581. The van der Waals surface area contributed by atoms with Gasteiger partial charge in [0, 0.05) is 10.8 Å². The summed E-state index contributed by atoms with van der Waals surface area (Å²) < 4.78 is 26.5. The number of hydrogen-bond donors (Lipinski definition) is 0. The summed E-state index contributed by atoms with van der Waals surface area (Å²) in [5, 5.41) is 12.9. The lowest BCUT2D eigenvalue weighted by Crippen LogP contribution is -2.10. The van der Waals surface area contributed by atoms with E-state index < -0.39 is 9.84 Å². The van der Waals surface area contributed by atoms with Crippen LogP contribution in [0.2, 0.25) is 5.02 Å². The second-order valence-corrected chi connectivity index (χ2v) is 9.34. The monoisotopic (exact) mass is 408 g/mol. The van der Waals surface area contributed by atoms with E-state index in [2.05, 4.69) is 15.5 Å². The molecule has 6 nitrogen and oxygen atoms in total. The van der Waals surface area contributed by atoms with E-state index in [4.69, 9.17) is 11.6 Å². The lowest BCUT2D eigenvalue weighted by Gasteiger charge is -2.10. The highest BCUT2D eigenvalue weighted by atomic mass is 35.5. The molecule has 0 aliphatic rings. The zero-order chi connectivity index (χ0) is 18.7. The van der Waals surface area contributed by atoms with E-state index in [0.29, 0.717) is 15.9 Å². The number of thioether (sulfide) groups is 1. The molecule has 3 aromatic rings. The molecule has 0 atom stereocenters. The standard InChI is InChI=1S/C17H17ClN4O2S2/c1-12-4-3-5-13(2)16(12)22-17(19-20-21-22)25-10-11-26(23,24)15-8-6-14(18)7-9-15/h3-9H,10-11H2,1-2H3. The Hall–Kier alpha value is -1.90. The van der Waals surface area contributed by atoms with Crippen molar-refractivity contribution in [3.63, 3.8) is 0 Å². The minimum atomic E-state index is -3.38. The fourth-order valence-electron chi connectivity index (χ4n) is 2.55. The summed E-state index contributed by atoms with van der Waals surface area (Å²) in [4.78, 5) is 0.261. The number of benzene rings is 2. The van der Waals surface area contributed by atoms with Crippen molar-refractivity contribution in [3.05, 3.63) is 58.6 Å². The van der Waals surface area contributed by atoms with Crippen LogP contribution < -0.4 is 0 Å². The van der Waals surface area contributed by atoms with Crippen molar-refractivity contribution >= 4 is 33.2 Å². The minimum absolute atomic E-state index is 0.0150. The number of aromatic nitrogens is 4. The molecule has 0 N–H and O–H groups in total. The normalized spacial score (nSPS) is 11.7. The molecule has 0 fully saturated rings. The molecule has 26 heavy (non-hydrogen) atoms. The van der Waals surface area contributed by atoms with Gasteiger partial charge in [-0.3, -0.25) is 0 Å². The van der Waals surface area contributed by atoms with E-state index in [0.717, 1.165) is 16.8 Å². The van der Waals surface area contributed by atoms with E-state index in [1.165, 1.54) is 23.9 Å². The van der Waals surface area contributed by atoms with Gasteiger partial charge in [-0.05, 0) is 59.7 Å². The molecule has 0 bridgehead atoms. The van der Waals surface area contributed by atoms with Crippen molar-refractivity contribution in [2.75, 3.05) is 11.5 Å². The van der Waals surface area contributed by atoms with Crippen LogP contribution in [0, 0.1) is 13.8 Å². The predicted molar refractivity (Wildman–Crippen MR) is 103 cm³/mol. The smallest absolute Gasteiger partial charge is 0.214 e. The Morgan fingerprint density at radius 1 is 1.08 bits per heavy atom. The molecule has 0 unspecified atom stereocenters. The molecule has 0 aliphatic carbocycles. The number of rotatable bonds is 6. The van der Waals surface area contributed by atoms with Crippen molar-refractivity contribution in [1.29, 1.82) is 0 Å². The topological polar surface area (TPSA) is 77.7 Å². The molecule has 3 rings (SSSR count). The SMILES string of the molecule is Cc1cccc(C)c1-n1nnnc1SCCS(=O)(=O)c1ccc(Cl)cc1. The van der Waals surface area contributed by atoms with Gasteiger partial charge in [-0.25, -0.2) is 8.42 Å². The maximum absolute atomic E-state index is 12.4. The first-order valence-corrected chi connectivity index (χ1v) is 10.9. The lowest BCUT2D eigenvalue weighted by molar-refractivity contribution is 0.597. The van der Waals surface area contributed by atoms with Crippen LogP contribution in [0.1, 0.15) is 11.1 Å². The Morgan fingerprint density at radius 2 is 1.73 bits per heavy atom. The van der Waals surface area contributed by atoms with Crippen LogP contribution in [0.4, 0.5) is 0 Å². The van der Waals surface area contributed by atoms with Gasteiger partial charge in [-0.15, -0.1) is 5.10 Å². The highest BCUT2D eigenvalue weighted by Crippen LogP contribution is 2.24. The minimum Gasteiger partial charge on any atom is -0.224 e. The molecule has 0 saturated carbocycles. The highest BCUT2D eigenvalue weighted by Gasteiger charge is 2.17. The van der Waals surface area contributed by atoms with Crippen molar-refractivity contribution in [3.8, 4) is 5.69 Å². The van der Waals surface area contributed by atoms with Gasteiger partial charge in [0.1, 0.15) is 0 Å². The first kappa shape index (κ1) is 18.9. The van der Waals surface area contributed by atoms with Crippen LogP contribution in [0.25, 0.3) is 5.69 Å². The molecule has 1 heterocycles. The lowest BCUT2D eigenvalue weighted by atomic mass is 10.1. The average molecular weight is 409 g/mol. The molecule has 0 radical (unpaired) electrons. The predicted octanol–water partition coefficient (Wildman–Crippen LogP) is 3.50. The molecule has 136 valence electrons. The van der Waals surface area contributed by atoms with Crippen molar-refractivity contribution in [2.45, 2.75) is 23.9 Å². The maximum Gasteiger partial charge on any atom is 0.214 e. The van der Waals surface area contributed by atoms with E-state index in [1.54, 1.807) is 16.8 Å². The van der Waals surface area contributed by atoms with E-state index in [1.807, 2.05) is 32.0 Å². The van der Waals surface area contributed by atoms with Crippen LogP contribution >= 0.6 is 23.4 Å². The molecule has 0 saturated heterocycles. The molecule has 2 aromatic carbocycles. The zero-order valence-corrected chi connectivity index (χ0v) is 16.6. The second kappa shape index (κ2) is 7.77. The number of tetrazole rings is 1. The van der Waals surface area contributed by atoms with Gasteiger partial charge in [-0.1, -0.05) is 41.6 Å². The summed E-state index contributed by atoms with van der Waals surface area (Å²) in [5.74, 6) is 0.329. The van der Waals surface area contributed by atoms with Crippen LogP contribution in [-0.4, -0.2) is 40.1 Å². The number of hydrogen-bond acceptors (Lipinski definition) is 6. The maximum atomic E-state index is 12.4. The summed E-state index contributed by atoms with van der Waals surface area (Å²) in [6.07, 6.45) is 0. The summed E-state index contributed by atoms with van der Waals surface area (Å²) in [5.41, 5.74) is 3.02. The van der Waals surface area contributed by atoms with Gasteiger partial charge in [-0.2, -0.15) is 4.68 Å². The summed E-state index contributed by atoms with van der Waals surface area (Å²) in [6.45, 7) is 3.98. The third kappa shape index (κ3) is 4.08. The zero-order valence-electron chi connectivity index (χ0n) is 14.3. The van der Waals surface area contributed by atoms with Gasteiger partial charge in [0.2, 0.25) is 5.16 Å². The van der Waals surface area contributed by atoms with Crippen molar-refractivity contribution < 1.29 is 8.42 Å². The Bertz CT molecular complexity index is 997. The third-order valence-electron chi connectivity index (χ3n) is 3.85. The summed E-state index contributed by atoms with van der Waals surface area (Å²) in [6, 6.07) is 12.1. The number of para-hydroxylation sites is 1. The van der Waals surface area contributed by atoms with Gasteiger partial charge in [0.15, 0.2) is 9.84 Å². The Balaban J connectivity index is 1.74. The first-order chi connectivity index (χ1) is 12.4. The summed E-state index contributed by atoms with van der Waals surface area (Å²) >= 11 is 7.12. The largest absolute Gasteiger partial charge is 0.224 e. The van der Waals surface area contributed by atoms with Crippen LogP contribution in [-0.2, 0) is 9.84 Å². The van der Waals surface area contributed by atoms with E-state index in [-0.39, 0.29) is 10.6 Å². The number of sulfone groups is 1. The molecule has 9 heteroatoms. The number of halogens is 1. The third-order valence-corrected chi connectivity index (χ3v) is 7.01.